The molecule has 1 aromatic rings. The number of hydrogen-bond donors (Lipinski definition) is 1. The highest BCUT2D eigenvalue weighted by Gasteiger charge is 2.72. The Kier molecular flexibility index (Phi) is 7.65. The van der Waals surface area contributed by atoms with Gasteiger partial charge in [-0.1, -0.05) is 33.3 Å². The van der Waals surface area contributed by atoms with Crippen molar-refractivity contribution >= 4 is 23.7 Å². The number of rotatable bonds is 5. The standard InChI is InChI=1S/C37H50O10/c1-20-25(47-31(43)45-20)19-44-30(42)37(8)26-9-12-36(7)28(34(26,5)11-10-27(37)46-21(2)38)24(39)17-22-23-18-33(4,29(40)41)14-13-32(23,3)15-16-35(22,36)6/h17,23,26-28H,9-16,18-19H2,1-8H3,(H,40,41)/t23-,26?,27-,28+,32+,33-,34-,35+,36+,37-/m0/s1. The summed E-state index contributed by atoms with van der Waals surface area (Å²) in [5.74, 6) is -3.03. The lowest BCUT2D eigenvalue weighted by Crippen LogP contribution is -2.68. The van der Waals surface area contributed by atoms with Crippen LogP contribution in [-0.2, 0) is 35.3 Å². The molecule has 4 fully saturated rings. The number of allylic oxidation sites excluding steroid dienone is 2. The van der Waals surface area contributed by atoms with Crippen LogP contribution in [0.15, 0.2) is 25.3 Å². The highest BCUT2D eigenvalue weighted by Crippen LogP contribution is 2.75. The third-order valence-electron chi connectivity index (χ3n) is 14.6. The Hall–Kier alpha value is -3.17. The number of carbonyl (C=O) groups excluding carboxylic acids is 3. The number of carboxylic acid groups (broad SMARTS) is 1. The highest BCUT2D eigenvalue weighted by atomic mass is 16.6. The van der Waals surface area contributed by atoms with Crippen LogP contribution >= 0.6 is 0 Å². The van der Waals surface area contributed by atoms with Crippen LogP contribution in [-0.4, -0.2) is 34.9 Å². The molecule has 1 N–H and O–H groups in total. The highest BCUT2D eigenvalue weighted by molar-refractivity contribution is 5.96. The summed E-state index contributed by atoms with van der Waals surface area (Å²) in [5.41, 5.74) is -2.38. The zero-order chi connectivity index (χ0) is 34.5. The van der Waals surface area contributed by atoms with Gasteiger partial charge in [-0.25, -0.2) is 4.79 Å². The number of ketones is 1. The minimum Gasteiger partial charge on any atom is -0.481 e. The lowest BCUT2D eigenvalue weighted by atomic mass is 9.33. The van der Waals surface area contributed by atoms with E-state index in [2.05, 4.69) is 27.7 Å². The van der Waals surface area contributed by atoms with E-state index < -0.39 is 51.5 Å². The number of carbonyl (C=O) groups is 4. The van der Waals surface area contributed by atoms with Crippen LogP contribution < -0.4 is 5.82 Å². The molecule has 1 aromatic heterocycles. The molecule has 10 atom stereocenters. The summed E-state index contributed by atoms with van der Waals surface area (Å²) >= 11 is 0. The first-order valence-electron chi connectivity index (χ1n) is 17.2. The van der Waals surface area contributed by atoms with Crippen molar-refractivity contribution in [3.8, 4) is 0 Å². The van der Waals surface area contributed by atoms with Gasteiger partial charge >= 0.3 is 23.7 Å². The molecular formula is C37H50O10. The minimum atomic E-state index is -1.26. The largest absolute Gasteiger partial charge is 0.519 e. The molecule has 5 aliphatic rings. The summed E-state index contributed by atoms with van der Waals surface area (Å²) in [4.78, 5) is 65.3. The summed E-state index contributed by atoms with van der Waals surface area (Å²) in [6, 6.07) is 0. The summed E-state index contributed by atoms with van der Waals surface area (Å²) in [6.45, 7) is 15.2. The molecule has 258 valence electrons. The average Bonchev–Trinajstić information content (AvgIpc) is 3.31. The first kappa shape index (κ1) is 33.7. The molecule has 6 rings (SSSR count). The van der Waals surface area contributed by atoms with E-state index in [1.54, 1.807) is 13.8 Å². The number of ether oxygens (including phenoxy) is 2. The number of fused-ring (bicyclic) bond motifs is 7. The molecule has 0 spiro atoms. The fourth-order valence-corrected chi connectivity index (χ4v) is 11.5. The molecule has 10 nitrogen and oxygen atoms in total. The lowest BCUT2D eigenvalue weighted by Gasteiger charge is -2.70. The van der Waals surface area contributed by atoms with Gasteiger partial charge in [0.15, 0.2) is 23.9 Å². The van der Waals surface area contributed by atoms with Gasteiger partial charge in [0.2, 0.25) is 0 Å². The second kappa shape index (κ2) is 10.7. The second-order valence-corrected chi connectivity index (χ2v) is 17.0. The van der Waals surface area contributed by atoms with Crippen molar-refractivity contribution in [1.82, 2.24) is 0 Å². The normalized spacial score (nSPS) is 44.2. The van der Waals surface area contributed by atoms with Gasteiger partial charge in [0, 0.05) is 12.8 Å². The van der Waals surface area contributed by atoms with Gasteiger partial charge in [-0.3, -0.25) is 19.2 Å². The zero-order valence-corrected chi connectivity index (χ0v) is 29.1. The van der Waals surface area contributed by atoms with Crippen LogP contribution in [0.4, 0.5) is 0 Å². The van der Waals surface area contributed by atoms with Gasteiger partial charge in [-0.05, 0) is 118 Å². The van der Waals surface area contributed by atoms with Crippen LogP contribution in [0.1, 0.15) is 118 Å². The SMILES string of the molecule is CC(=O)O[C@H]1CC[C@@]2(C)C(CC[C@]3(C)[C@@H]2C(=O)C=C2[C@@H]4C[C@@](C)(C(=O)O)CC[C@]4(C)CC[C@]23C)[C@]1(C)C(=O)OCc1oc(=O)oc1C. The van der Waals surface area contributed by atoms with Gasteiger partial charge in [0.05, 0.1) is 5.41 Å². The van der Waals surface area contributed by atoms with E-state index in [0.717, 1.165) is 24.8 Å². The maximum absolute atomic E-state index is 14.7. The number of aryl methyl sites for hydroxylation is 1. The van der Waals surface area contributed by atoms with E-state index in [0.29, 0.717) is 38.5 Å². The Morgan fingerprint density at radius 3 is 2.23 bits per heavy atom. The Bertz CT molecular complexity index is 1620. The van der Waals surface area contributed by atoms with Crippen molar-refractivity contribution in [3.63, 3.8) is 0 Å². The van der Waals surface area contributed by atoms with E-state index in [9.17, 15) is 29.1 Å². The molecule has 1 unspecified atom stereocenters. The number of carboxylic acids is 1. The maximum Gasteiger partial charge on any atom is 0.519 e. The topological polar surface area (TPSA) is 150 Å². The van der Waals surface area contributed by atoms with Crippen molar-refractivity contribution in [1.29, 1.82) is 0 Å². The molecule has 0 amide bonds. The van der Waals surface area contributed by atoms with Crippen LogP contribution in [0.5, 0.6) is 0 Å². The quantitative estimate of drug-likeness (QED) is 0.346. The minimum absolute atomic E-state index is 0.00901. The molecule has 4 saturated carbocycles. The summed E-state index contributed by atoms with van der Waals surface area (Å²) in [7, 11) is 0. The number of hydrogen-bond acceptors (Lipinski definition) is 9. The van der Waals surface area contributed by atoms with E-state index >= 15 is 0 Å². The first-order chi connectivity index (χ1) is 21.7. The molecule has 47 heavy (non-hydrogen) atoms. The first-order valence-corrected chi connectivity index (χ1v) is 17.2. The van der Waals surface area contributed by atoms with Gasteiger partial charge in [0.25, 0.3) is 0 Å². The lowest BCUT2D eigenvalue weighted by molar-refractivity contribution is -0.224. The summed E-state index contributed by atoms with van der Waals surface area (Å²) < 4.78 is 21.6. The van der Waals surface area contributed by atoms with Gasteiger partial charge in [-0.2, -0.15) is 0 Å². The molecule has 10 heteroatoms. The fraction of sp³-hybridized carbons (Fsp3) is 0.757. The van der Waals surface area contributed by atoms with Gasteiger partial charge in [0.1, 0.15) is 11.5 Å². The second-order valence-electron chi connectivity index (χ2n) is 17.0. The van der Waals surface area contributed by atoms with Gasteiger partial charge in [-0.15, -0.1) is 0 Å². The van der Waals surface area contributed by atoms with Crippen molar-refractivity contribution in [2.45, 2.75) is 126 Å². The smallest absolute Gasteiger partial charge is 0.481 e. The summed E-state index contributed by atoms with van der Waals surface area (Å²) in [5, 5.41) is 10.2. The van der Waals surface area contributed by atoms with Crippen LogP contribution in [0, 0.1) is 57.2 Å². The third kappa shape index (κ3) is 4.66. The van der Waals surface area contributed by atoms with E-state index in [-0.39, 0.29) is 52.5 Å². The Labute approximate surface area is 276 Å². The number of aliphatic carboxylic acids is 1. The van der Waals surface area contributed by atoms with Crippen LogP contribution in [0.25, 0.3) is 0 Å². The number of esters is 2. The van der Waals surface area contributed by atoms with Crippen molar-refractivity contribution in [3.05, 3.63) is 33.8 Å². The van der Waals surface area contributed by atoms with Gasteiger partial charge < -0.3 is 23.4 Å². The maximum atomic E-state index is 14.7. The molecular weight excluding hydrogens is 604 g/mol. The molecule has 0 bridgehead atoms. The Balaban J connectivity index is 1.40. The van der Waals surface area contributed by atoms with E-state index in [4.69, 9.17) is 18.3 Å². The van der Waals surface area contributed by atoms with Crippen molar-refractivity contribution in [2.24, 2.45) is 50.2 Å². The Morgan fingerprint density at radius 2 is 1.62 bits per heavy atom. The van der Waals surface area contributed by atoms with Crippen LogP contribution in [0.3, 0.4) is 0 Å². The molecule has 0 radical (unpaired) electrons. The van der Waals surface area contributed by atoms with Crippen LogP contribution in [0.2, 0.25) is 0 Å². The predicted octanol–water partition coefficient (Wildman–Crippen LogP) is 6.56. The van der Waals surface area contributed by atoms with Crippen molar-refractivity contribution < 1.29 is 42.6 Å². The average molecular weight is 655 g/mol. The molecule has 0 aliphatic heterocycles. The monoisotopic (exact) mass is 654 g/mol. The fourth-order valence-electron chi connectivity index (χ4n) is 11.5. The molecule has 0 aromatic carbocycles. The third-order valence-corrected chi connectivity index (χ3v) is 14.6. The molecule has 0 saturated heterocycles. The van der Waals surface area contributed by atoms with E-state index in [1.807, 2.05) is 13.0 Å². The zero-order valence-electron chi connectivity index (χ0n) is 29.1. The molecule has 1 heterocycles. The summed E-state index contributed by atoms with van der Waals surface area (Å²) in [6.07, 6.45) is 7.30. The van der Waals surface area contributed by atoms with E-state index in [1.165, 1.54) is 6.92 Å². The van der Waals surface area contributed by atoms with Crippen molar-refractivity contribution in [2.75, 3.05) is 0 Å². The molecule has 5 aliphatic carbocycles. The predicted molar refractivity (Wildman–Crippen MR) is 169 cm³/mol. The Morgan fingerprint density at radius 1 is 0.936 bits per heavy atom.